The summed E-state index contributed by atoms with van der Waals surface area (Å²) in [7, 11) is 0. The molecule has 2 aromatic rings. The Morgan fingerprint density at radius 3 is 2.59 bits per heavy atom. The maximum Gasteiger partial charge on any atom is 0.355 e. The Labute approximate surface area is 184 Å². The molecule has 0 saturated carbocycles. The lowest BCUT2D eigenvalue weighted by Crippen LogP contribution is -2.38. The molecule has 170 valence electrons. The highest BCUT2D eigenvalue weighted by Gasteiger charge is 2.32. The van der Waals surface area contributed by atoms with E-state index in [1.807, 2.05) is 6.07 Å². The van der Waals surface area contributed by atoms with Crippen LogP contribution in [0.15, 0.2) is 36.7 Å². The standard InChI is InChI=1S/C20H24N6O6/c1-2-31-20(28)14-8-10-25(11-9-14)19-17(26(29)30)18(21-13-22-19)24-23-16(27)12-32-15-6-4-3-5-7-15/h3-7,13-14H,2,8-12H2,1H3,(H,23,27)(H,21,22,24). The molecular weight excluding hydrogens is 420 g/mol. The van der Waals surface area contributed by atoms with Gasteiger partial charge in [-0.2, -0.15) is 0 Å². The lowest BCUT2D eigenvalue weighted by molar-refractivity contribution is -0.383. The van der Waals surface area contributed by atoms with Crippen LogP contribution >= 0.6 is 0 Å². The fraction of sp³-hybridized carbons (Fsp3) is 0.400. The van der Waals surface area contributed by atoms with Gasteiger partial charge < -0.3 is 14.4 Å². The van der Waals surface area contributed by atoms with Gasteiger partial charge in [0.25, 0.3) is 5.91 Å². The number of rotatable bonds is 9. The second-order valence-electron chi connectivity index (χ2n) is 6.94. The van der Waals surface area contributed by atoms with Gasteiger partial charge in [0.05, 0.1) is 17.4 Å². The molecule has 1 aromatic heterocycles. The molecule has 2 N–H and O–H groups in total. The predicted octanol–water partition coefficient (Wildman–Crippen LogP) is 1.69. The predicted molar refractivity (Wildman–Crippen MR) is 114 cm³/mol. The number of hydrogen-bond donors (Lipinski definition) is 2. The molecule has 0 atom stereocenters. The number of hydrazine groups is 1. The minimum atomic E-state index is -0.609. The van der Waals surface area contributed by atoms with Gasteiger partial charge in [0.15, 0.2) is 6.61 Å². The van der Waals surface area contributed by atoms with E-state index in [1.165, 1.54) is 6.33 Å². The van der Waals surface area contributed by atoms with Crippen LogP contribution in [0.1, 0.15) is 19.8 Å². The van der Waals surface area contributed by atoms with Gasteiger partial charge in [-0.05, 0) is 31.9 Å². The van der Waals surface area contributed by atoms with Crippen molar-refractivity contribution >= 4 is 29.2 Å². The smallest absolute Gasteiger partial charge is 0.355 e. The molecule has 0 unspecified atom stereocenters. The van der Waals surface area contributed by atoms with Crippen molar-refractivity contribution in [1.29, 1.82) is 0 Å². The summed E-state index contributed by atoms with van der Waals surface area (Å²) >= 11 is 0. The number of hydrogen-bond acceptors (Lipinski definition) is 10. The Morgan fingerprint density at radius 2 is 1.94 bits per heavy atom. The fourth-order valence-electron chi connectivity index (χ4n) is 3.28. The average molecular weight is 444 g/mol. The van der Waals surface area contributed by atoms with Crippen LogP contribution in [0.5, 0.6) is 5.75 Å². The van der Waals surface area contributed by atoms with Crippen molar-refractivity contribution in [2.24, 2.45) is 5.92 Å². The molecule has 1 saturated heterocycles. The topological polar surface area (TPSA) is 149 Å². The molecule has 0 spiro atoms. The van der Waals surface area contributed by atoms with Crippen molar-refractivity contribution in [2.45, 2.75) is 19.8 Å². The number of amides is 1. The van der Waals surface area contributed by atoms with E-state index < -0.39 is 10.8 Å². The minimum absolute atomic E-state index is 0.115. The maximum atomic E-state index is 12.0. The van der Waals surface area contributed by atoms with Gasteiger partial charge in [-0.3, -0.25) is 30.6 Å². The lowest BCUT2D eigenvalue weighted by atomic mass is 9.97. The molecule has 1 aliphatic heterocycles. The second kappa shape index (κ2) is 10.9. The molecule has 1 aliphatic rings. The zero-order valence-corrected chi connectivity index (χ0v) is 17.5. The molecule has 1 amide bonds. The van der Waals surface area contributed by atoms with E-state index >= 15 is 0 Å². The van der Waals surface area contributed by atoms with Crippen molar-refractivity contribution in [2.75, 3.05) is 36.6 Å². The number of nitrogens with zero attached hydrogens (tertiary/aromatic N) is 4. The maximum absolute atomic E-state index is 12.0. The summed E-state index contributed by atoms with van der Waals surface area (Å²) in [5.41, 5.74) is 4.45. The molecule has 0 aliphatic carbocycles. The number of carbonyl (C=O) groups is 2. The summed E-state index contributed by atoms with van der Waals surface area (Å²) in [6.07, 6.45) is 2.17. The Hall–Kier alpha value is -3.96. The first kappa shape index (κ1) is 22.7. The highest BCUT2D eigenvalue weighted by molar-refractivity contribution is 5.80. The van der Waals surface area contributed by atoms with Crippen LogP contribution in [0.4, 0.5) is 17.3 Å². The molecule has 3 rings (SSSR count). The summed E-state index contributed by atoms with van der Waals surface area (Å²) in [6, 6.07) is 8.76. The highest BCUT2D eigenvalue weighted by Crippen LogP contribution is 2.33. The molecule has 12 nitrogen and oxygen atoms in total. The van der Waals surface area contributed by atoms with Crippen LogP contribution in [-0.2, 0) is 14.3 Å². The molecule has 12 heteroatoms. The third kappa shape index (κ3) is 5.80. The minimum Gasteiger partial charge on any atom is -0.484 e. The number of esters is 1. The van der Waals surface area contributed by atoms with Gasteiger partial charge in [0.2, 0.25) is 11.6 Å². The Kier molecular flexibility index (Phi) is 7.73. The van der Waals surface area contributed by atoms with Gasteiger partial charge in [-0.25, -0.2) is 9.97 Å². The number of ether oxygens (including phenoxy) is 2. The van der Waals surface area contributed by atoms with Crippen molar-refractivity contribution in [3.05, 3.63) is 46.8 Å². The number of aromatic nitrogens is 2. The van der Waals surface area contributed by atoms with E-state index in [4.69, 9.17) is 9.47 Å². The Morgan fingerprint density at radius 1 is 1.22 bits per heavy atom. The molecule has 0 bridgehead atoms. The van der Waals surface area contributed by atoms with Gasteiger partial charge in [0.1, 0.15) is 12.1 Å². The summed E-state index contributed by atoms with van der Waals surface area (Å²) in [4.78, 5) is 44.8. The van der Waals surface area contributed by atoms with Crippen molar-refractivity contribution in [3.8, 4) is 5.75 Å². The van der Waals surface area contributed by atoms with E-state index in [1.54, 1.807) is 36.1 Å². The summed E-state index contributed by atoms with van der Waals surface area (Å²) in [5, 5.41) is 11.7. The number of nitro groups is 1. The number of benzene rings is 1. The normalized spacial score (nSPS) is 13.8. The van der Waals surface area contributed by atoms with Gasteiger partial charge >= 0.3 is 11.7 Å². The quantitative estimate of drug-likeness (QED) is 0.332. The van der Waals surface area contributed by atoms with E-state index in [0.717, 1.165) is 0 Å². The average Bonchev–Trinajstić information content (AvgIpc) is 2.82. The molecule has 0 radical (unpaired) electrons. The van der Waals surface area contributed by atoms with Gasteiger partial charge in [0, 0.05) is 13.1 Å². The summed E-state index contributed by atoms with van der Waals surface area (Å²) < 4.78 is 10.4. The Balaban J connectivity index is 1.63. The zero-order valence-electron chi connectivity index (χ0n) is 17.5. The second-order valence-corrected chi connectivity index (χ2v) is 6.94. The molecule has 2 heterocycles. The summed E-state index contributed by atoms with van der Waals surface area (Å²) in [6.45, 7) is 2.58. The van der Waals surface area contributed by atoms with Crippen LogP contribution in [0, 0.1) is 16.0 Å². The van der Waals surface area contributed by atoms with Crippen LogP contribution in [0.2, 0.25) is 0 Å². The van der Waals surface area contributed by atoms with Crippen molar-refractivity contribution < 1.29 is 24.0 Å². The van der Waals surface area contributed by atoms with Crippen LogP contribution in [0.3, 0.4) is 0 Å². The SMILES string of the molecule is CCOC(=O)C1CCN(c2ncnc(NNC(=O)COc3ccccc3)c2[N+](=O)[O-])CC1. The molecule has 1 aromatic carbocycles. The number of para-hydroxylation sites is 1. The van der Waals surface area contributed by atoms with Crippen LogP contribution < -0.4 is 20.5 Å². The first-order valence-electron chi connectivity index (χ1n) is 10.1. The first-order valence-corrected chi connectivity index (χ1v) is 10.1. The molecule has 32 heavy (non-hydrogen) atoms. The van der Waals surface area contributed by atoms with Gasteiger partial charge in [-0.15, -0.1) is 0 Å². The van der Waals surface area contributed by atoms with E-state index in [9.17, 15) is 19.7 Å². The Bertz CT molecular complexity index is 949. The van der Waals surface area contributed by atoms with E-state index in [0.29, 0.717) is 38.3 Å². The largest absolute Gasteiger partial charge is 0.484 e. The third-order valence-electron chi connectivity index (χ3n) is 4.83. The third-order valence-corrected chi connectivity index (χ3v) is 4.83. The molecular formula is C20H24N6O6. The number of nitrogens with one attached hydrogen (secondary N) is 2. The number of anilines is 2. The van der Waals surface area contributed by atoms with Crippen molar-refractivity contribution in [1.82, 2.24) is 15.4 Å². The highest BCUT2D eigenvalue weighted by atomic mass is 16.6. The number of piperidine rings is 1. The van der Waals surface area contributed by atoms with E-state index in [2.05, 4.69) is 20.8 Å². The fourth-order valence-corrected chi connectivity index (χ4v) is 3.28. The van der Waals surface area contributed by atoms with Crippen LogP contribution in [-0.4, -0.2) is 53.1 Å². The van der Waals surface area contributed by atoms with Crippen LogP contribution in [0.25, 0.3) is 0 Å². The van der Waals surface area contributed by atoms with Crippen molar-refractivity contribution in [3.63, 3.8) is 0 Å². The monoisotopic (exact) mass is 444 g/mol. The zero-order chi connectivity index (χ0) is 22.9. The summed E-state index contributed by atoms with van der Waals surface area (Å²) in [5.74, 6) is -0.561. The van der Waals surface area contributed by atoms with Gasteiger partial charge in [-0.1, -0.05) is 18.2 Å². The first-order chi connectivity index (χ1) is 15.5. The lowest BCUT2D eigenvalue weighted by Gasteiger charge is -2.31. The number of carbonyl (C=O) groups excluding carboxylic acids is 2. The molecule has 1 fully saturated rings. The van der Waals surface area contributed by atoms with E-state index in [-0.39, 0.29) is 35.8 Å².